The van der Waals surface area contributed by atoms with Gasteiger partial charge in [0.1, 0.15) is 46.0 Å². The second kappa shape index (κ2) is 54.0. The predicted octanol–water partition coefficient (Wildman–Crippen LogP) is 17.5. The lowest BCUT2D eigenvalue weighted by molar-refractivity contribution is -0.138. The normalized spacial score (nSPS) is 10.7. The second-order valence-electron chi connectivity index (χ2n) is 27.2. The molecule has 115 heavy (non-hydrogen) atoms. The summed E-state index contributed by atoms with van der Waals surface area (Å²) in [4.78, 5) is 128. The van der Waals surface area contributed by atoms with Crippen molar-refractivity contribution in [1.82, 2.24) is 0 Å². The maximum Gasteiger partial charge on any atom is 0.343 e. The Balaban J connectivity index is 1.17. The summed E-state index contributed by atoms with van der Waals surface area (Å²) in [6, 6.07) is 30.9. The zero-order valence-electron chi connectivity index (χ0n) is 66.0. The third-order valence-corrected chi connectivity index (χ3v) is 18.2. The van der Waals surface area contributed by atoms with Gasteiger partial charge >= 0.3 is 47.8 Å². The van der Waals surface area contributed by atoms with Crippen molar-refractivity contribution in [2.45, 2.75) is 186 Å². The first-order valence-corrected chi connectivity index (χ1v) is 39.8. The van der Waals surface area contributed by atoms with E-state index in [1.54, 1.807) is 72.8 Å². The van der Waals surface area contributed by atoms with Crippen LogP contribution in [-0.2, 0) is 51.0 Å². The molecule has 0 aliphatic rings. The van der Waals surface area contributed by atoms with E-state index < -0.39 is 59.6 Å². The molecule has 0 aliphatic carbocycles. The van der Waals surface area contributed by atoms with Crippen LogP contribution in [0.25, 0.3) is 0 Å². The van der Waals surface area contributed by atoms with Crippen LogP contribution in [0.5, 0.6) is 46.0 Å². The molecule has 24 heteroatoms. The Morgan fingerprint density at radius 3 is 0.687 bits per heavy atom. The first kappa shape index (κ1) is 92.1. The van der Waals surface area contributed by atoms with Crippen molar-refractivity contribution in [1.29, 1.82) is 0 Å². The van der Waals surface area contributed by atoms with Gasteiger partial charge in [-0.15, -0.1) is 0 Å². The quantitative estimate of drug-likeness (QED) is 0.0118. The Kier molecular flexibility index (Phi) is 43.2. The molecule has 0 aromatic heterocycles. The van der Waals surface area contributed by atoms with Crippen LogP contribution in [0.3, 0.4) is 0 Å². The average molecular weight is 1580 g/mol. The lowest BCUT2D eigenvalue weighted by atomic mass is 9.98. The van der Waals surface area contributed by atoms with Crippen LogP contribution in [0.15, 0.2) is 172 Å². The van der Waals surface area contributed by atoms with Crippen LogP contribution < -0.4 is 49.4 Å². The van der Waals surface area contributed by atoms with Gasteiger partial charge in [-0.2, -0.15) is 0 Å². The van der Waals surface area contributed by atoms with Gasteiger partial charge in [0.15, 0.2) is 0 Å². The number of esters is 8. The van der Waals surface area contributed by atoms with E-state index in [1.165, 1.54) is 48.5 Å². The number of carbonyl (C=O) groups excluding carboxylic acids is 10. The molecule has 0 radical (unpaired) electrons. The van der Waals surface area contributed by atoms with Gasteiger partial charge in [0.25, 0.3) is 11.8 Å². The number of carbonyl (C=O) groups is 10. The minimum atomic E-state index is -0.984. The van der Waals surface area contributed by atoms with Gasteiger partial charge in [-0.1, -0.05) is 135 Å². The van der Waals surface area contributed by atoms with Crippen LogP contribution in [0, 0.1) is 0 Å². The van der Waals surface area contributed by atoms with Gasteiger partial charge in [0, 0.05) is 24.3 Å². The largest absolute Gasteiger partial charge is 0.494 e. The fraction of sp³-hybridized carbons (Fsp3) is 0.407. The van der Waals surface area contributed by atoms with E-state index in [0.717, 1.165) is 178 Å². The summed E-state index contributed by atoms with van der Waals surface area (Å²) in [7, 11) is 0. The summed E-state index contributed by atoms with van der Waals surface area (Å²) < 4.78 is 68.0. The summed E-state index contributed by atoms with van der Waals surface area (Å²) in [5.41, 5.74) is 12.8. The second-order valence-corrected chi connectivity index (χ2v) is 27.2. The Morgan fingerprint density at radius 2 is 0.461 bits per heavy atom. The molecule has 4 N–H and O–H groups in total. The first-order chi connectivity index (χ1) is 55.9. The standard InChI is InChI=1S/C91H110N2O22/c1-5-80(94)108-58-32-21-13-9-17-28-54-104-72-46-38-66(39-47-72)88(100)112-76-62-70(84(78(64-76)86(92)98)114-90(102)68-42-50-74(51-43-68)106-56-30-19-11-15-23-34-60-110-82(96)7-3)36-26-25-27-37-71-63-77(113-89(101)67-40-48-73(49-41-67)105-55-29-18-10-14-22-33-59-109-81(95)6-2)65-79(87(93)99)85(71)115-91(103)69-44-52-75(53-45-69)107-57-31-20-12-16-24-35-61-111-83(97)8-4/h5-8,38-53,62-65H,1-4,9-37,54-61H2,(H2,92,98)(H2,93,99). The highest BCUT2D eigenvalue weighted by Gasteiger charge is 2.26. The predicted molar refractivity (Wildman–Crippen MR) is 434 cm³/mol. The molecule has 0 saturated heterocycles. The summed E-state index contributed by atoms with van der Waals surface area (Å²) in [5.74, 6) is -5.21. The van der Waals surface area contributed by atoms with E-state index in [1.807, 2.05) is 0 Å². The van der Waals surface area contributed by atoms with E-state index in [-0.39, 0.29) is 80.3 Å². The molecule has 0 heterocycles. The van der Waals surface area contributed by atoms with Gasteiger partial charge in [-0.3, -0.25) is 9.59 Å². The Hall–Kier alpha value is -11.8. The maximum absolute atomic E-state index is 14.1. The molecule has 0 bridgehead atoms. The fourth-order valence-corrected chi connectivity index (χ4v) is 11.9. The Labute approximate surface area is 674 Å². The average Bonchev–Trinajstić information content (AvgIpc) is 0.806. The van der Waals surface area contributed by atoms with E-state index in [2.05, 4.69) is 26.3 Å². The highest BCUT2D eigenvalue weighted by molar-refractivity contribution is 6.01. The Morgan fingerprint density at radius 1 is 0.252 bits per heavy atom. The van der Waals surface area contributed by atoms with Gasteiger partial charge in [-0.25, -0.2) is 38.4 Å². The van der Waals surface area contributed by atoms with E-state index in [9.17, 15) is 47.9 Å². The van der Waals surface area contributed by atoms with Crippen molar-refractivity contribution < 1.29 is 105 Å². The number of nitrogens with two attached hydrogens (primary N) is 2. The van der Waals surface area contributed by atoms with Crippen molar-refractivity contribution in [3.05, 3.63) is 216 Å². The summed E-state index contributed by atoms with van der Waals surface area (Å²) in [5, 5.41) is 0. The van der Waals surface area contributed by atoms with Crippen LogP contribution >= 0.6 is 0 Å². The van der Waals surface area contributed by atoms with Crippen molar-refractivity contribution >= 4 is 59.6 Å². The molecule has 0 spiro atoms. The minimum absolute atomic E-state index is 0.0673. The van der Waals surface area contributed by atoms with Gasteiger partial charge in [-0.05, 0) is 210 Å². The SMILES string of the molecule is C=CC(=O)OCCCCCCCCOc1ccc(C(=O)Oc2cc(CCCCCc3cc(OC(=O)c4ccc(OCCCCCCCCOC(=O)C=C)cc4)cc(C(N)=O)c3OC(=O)c3ccc(OCCCCCCCCOC(=O)C=C)cc3)c(OC(=O)c3ccc(OCCCCCCCCOC(=O)C=C)cc3)c(C(N)=O)c2)cc1. The van der Waals surface area contributed by atoms with E-state index in [4.69, 9.17) is 68.3 Å². The fourth-order valence-electron chi connectivity index (χ4n) is 11.9. The summed E-state index contributed by atoms with van der Waals surface area (Å²) in [6.45, 7) is 16.8. The summed E-state index contributed by atoms with van der Waals surface area (Å²) in [6.07, 6.45) is 27.5. The van der Waals surface area contributed by atoms with Crippen LogP contribution in [-0.4, -0.2) is 112 Å². The van der Waals surface area contributed by atoms with Crippen LogP contribution in [0.4, 0.5) is 0 Å². The number of aryl methyl sites for hydroxylation is 2. The van der Waals surface area contributed by atoms with Crippen molar-refractivity contribution in [3.63, 3.8) is 0 Å². The number of ether oxygens (including phenoxy) is 12. The number of amides is 2. The highest BCUT2D eigenvalue weighted by Crippen LogP contribution is 2.36. The monoisotopic (exact) mass is 1580 g/mol. The smallest absolute Gasteiger partial charge is 0.343 e. The van der Waals surface area contributed by atoms with E-state index >= 15 is 0 Å². The molecular formula is C91H110N2O22. The maximum atomic E-state index is 14.1. The zero-order valence-corrected chi connectivity index (χ0v) is 66.0. The topological polar surface area (TPSA) is 333 Å². The molecule has 0 unspecified atom stereocenters. The third-order valence-electron chi connectivity index (χ3n) is 18.2. The molecule has 6 rings (SSSR count). The van der Waals surface area contributed by atoms with Crippen LogP contribution in [0.2, 0.25) is 0 Å². The zero-order chi connectivity index (χ0) is 82.6. The van der Waals surface area contributed by atoms with Crippen molar-refractivity contribution in [2.75, 3.05) is 52.9 Å². The summed E-state index contributed by atoms with van der Waals surface area (Å²) >= 11 is 0. The molecule has 0 aliphatic heterocycles. The molecule has 24 nitrogen and oxygen atoms in total. The van der Waals surface area contributed by atoms with Crippen LogP contribution in [0.1, 0.15) is 247 Å². The molecule has 0 fully saturated rings. The molecule has 616 valence electrons. The number of hydrogen-bond acceptors (Lipinski definition) is 22. The minimum Gasteiger partial charge on any atom is -0.494 e. The molecule has 0 saturated carbocycles. The molecule has 0 atom stereocenters. The third kappa shape index (κ3) is 36.3. The van der Waals surface area contributed by atoms with Gasteiger partial charge in [0.05, 0.1) is 86.2 Å². The molecule has 6 aromatic rings. The first-order valence-electron chi connectivity index (χ1n) is 39.8. The number of primary amides is 2. The van der Waals surface area contributed by atoms with Crippen molar-refractivity contribution in [2.24, 2.45) is 11.5 Å². The molecule has 2 amide bonds. The van der Waals surface area contributed by atoms with Crippen molar-refractivity contribution in [3.8, 4) is 46.0 Å². The van der Waals surface area contributed by atoms with Gasteiger partial charge in [0.2, 0.25) is 0 Å². The number of unbranched alkanes of at least 4 members (excludes halogenated alkanes) is 22. The number of rotatable bonds is 60. The molecular weight excluding hydrogens is 1470 g/mol. The lowest BCUT2D eigenvalue weighted by Crippen LogP contribution is -2.18. The highest BCUT2D eigenvalue weighted by atomic mass is 16.6. The molecule has 6 aromatic carbocycles. The van der Waals surface area contributed by atoms with Gasteiger partial charge < -0.3 is 68.3 Å². The lowest BCUT2D eigenvalue weighted by Gasteiger charge is -2.17. The van der Waals surface area contributed by atoms with E-state index in [0.29, 0.717) is 95.1 Å². The number of benzene rings is 6. The Bertz CT molecular complexity index is 3850. The number of hydrogen-bond donors (Lipinski definition) is 2.